The molecule has 1 saturated heterocycles. The average Bonchev–Trinajstić information content (AvgIpc) is 3.03. The van der Waals surface area contributed by atoms with Crippen molar-refractivity contribution in [2.75, 3.05) is 46.8 Å². The van der Waals surface area contributed by atoms with Crippen molar-refractivity contribution in [1.29, 1.82) is 0 Å². The van der Waals surface area contributed by atoms with Crippen molar-refractivity contribution in [3.05, 3.63) is 51.5 Å². The Morgan fingerprint density at radius 2 is 1.90 bits per heavy atom. The summed E-state index contributed by atoms with van der Waals surface area (Å²) in [6, 6.07) is 8.95. The Hall–Kier alpha value is -1.96. The molecule has 0 radical (unpaired) electrons. The van der Waals surface area contributed by atoms with Crippen LogP contribution in [0.5, 0.6) is 0 Å². The minimum absolute atomic E-state index is 0.769. The Kier molecular flexibility index (Phi) is 8.46. The van der Waals surface area contributed by atoms with Gasteiger partial charge in [-0.3, -0.25) is 9.89 Å². The van der Waals surface area contributed by atoms with Crippen molar-refractivity contribution in [3.63, 3.8) is 0 Å². The van der Waals surface area contributed by atoms with Gasteiger partial charge in [0.15, 0.2) is 5.96 Å². The normalized spacial score (nSPS) is 16.6. The van der Waals surface area contributed by atoms with E-state index in [0.717, 1.165) is 50.1 Å². The van der Waals surface area contributed by atoms with E-state index in [2.05, 4.69) is 68.6 Å². The van der Waals surface area contributed by atoms with E-state index < -0.39 is 0 Å². The van der Waals surface area contributed by atoms with Crippen LogP contribution in [-0.2, 0) is 19.5 Å². The van der Waals surface area contributed by atoms with Gasteiger partial charge in [0.25, 0.3) is 0 Å². The first-order valence-corrected chi connectivity index (χ1v) is 11.3. The Labute approximate surface area is 179 Å². The molecule has 1 aliphatic heterocycles. The number of nitrogens with zero attached hydrogens (tertiary/aromatic N) is 4. The number of thiazole rings is 1. The van der Waals surface area contributed by atoms with E-state index in [4.69, 9.17) is 0 Å². The number of nitrogens with one attached hydrogen (secondary N) is 2. The highest BCUT2D eigenvalue weighted by Crippen LogP contribution is 2.11. The second-order valence-corrected chi connectivity index (χ2v) is 9.04. The molecule has 2 N–H and O–H groups in total. The number of guanidine groups is 1. The smallest absolute Gasteiger partial charge is 0.191 e. The van der Waals surface area contributed by atoms with Crippen molar-refractivity contribution in [1.82, 2.24) is 25.4 Å². The lowest BCUT2D eigenvalue weighted by Crippen LogP contribution is -2.37. The summed E-state index contributed by atoms with van der Waals surface area (Å²) in [6.07, 6.45) is 4.11. The molecule has 0 amide bonds. The van der Waals surface area contributed by atoms with Crippen LogP contribution >= 0.6 is 11.3 Å². The van der Waals surface area contributed by atoms with Gasteiger partial charge in [-0.1, -0.05) is 24.3 Å². The first-order chi connectivity index (χ1) is 14.1. The quantitative estimate of drug-likeness (QED) is 0.539. The minimum atomic E-state index is 0.769. The summed E-state index contributed by atoms with van der Waals surface area (Å²) >= 11 is 1.75. The number of benzene rings is 1. The zero-order valence-electron chi connectivity index (χ0n) is 17.9. The van der Waals surface area contributed by atoms with Crippen LogP contribution in [-0.4, -0.2) is 67.6 Å². The minimum Gasteiger partial charge on any atom is -0.356 e. The van der Waals surface area contributed by atoms with Crippen LogP contribution < -0.4 is 10.6 Å². The first-order valence-electron chi connectivity index (χ1n) is 10.5. The van der Waals surface area contributed by atoms with Gasteiger partial charge >= 0.3 is 0 Å². The molecule has 0 unspecified atom stereocenters. The summed E-state index contributed by atoms with van der Waals surface area (Å²) < 4.78 is 0. The summed E-state index contributed by atoms with van der Waals surface area (Å²) in [4.78, 5) is 15.0. The lowest BCUT2D eigenvalue weighted by atomic mass is 10.1. The number of rotatable bonds is 7. The second-order valence-electron chi connectivity index (χ2n) is 7.72. The van der Waals surface area contributed by atoms with Gasteiger partial charge in [0.1, 0.15) is 0 Å². The van der Waals surface area contributed by atoms with Gasteiger partial charge in [-0.15, -0.1) is 11.3 Å². The Bertz CT molecular complexity index is 770. The lowest BCUT2D eigenvalue weighted by molar-refractivity contribution is 0.269. The topological polar surface area (TPSA) is 55.8 Å². The fourth-order valence-corrected chi connectivity index (χ4v) is 4.28. The molecule has 0 atom stereocenters. The van der Waals surface area contributed by atoms with E-state index in [-0.39, 0.29) is 0 Å². The van der Waals surface area contributed by atoms with Gasteiger partial charge in [0.2, 0.25) is 0 Å². The summed E-state index contributed by atoms with van der Waals surface area (Å²) in [5.74, 6) is 0.830. The van der Waals surface area contributed by atoms with Gasteiger partial charge in [-0.2, -0.15) is 0 Å². The molecule has 3 rings (SSSR count). The predicted molar refractivity (Wildman–Crippen MR) is 123 cm³/mol. The number of hydrogen-bond donors (Lipinski definition) is 2. The van der Waals surface area contributed by atoms with Crippen molar-refractivity contribution in [2.24, 2.45) is 4.99 Å². The summed E-state index contributed by atoms with van der Waals surface area (Å²) in [5, 5.41) is 7.93. The fraction of sp³-hybridized carbons (Fsp3) is 0.545. The van der Waals surface area contributed by atoms with Crippen LogP contribution in [0.4, 0.5) is 0 Å². The predicted octanol–water partition coefficient (Wildman–Crippen LogP) is 2.50. The van der Waals surface area contributed by atoms with Gasteiger partial charge < -0.3 is 15.5 Å². The molecular formula is C22H34N6S. The van der Waals surface area contributed by atoms with Crippen LogP contribution in [0.25, 0.3) is 0 Å². The molecule has 0 spiro atoms. The van der Waals surface area contributed by atoms with Gasteiger partial charge in [-0.05, 0) is 44.6 Å². The van der Waals surface area contributed by atoms with Crippen LogP contribution in [0.1, 0.15) is 27.4 Å². The summed E-state index contributed by atoms with van der Waals surface area (Å²) in [7, 11) is 4.03. The number of aromatic nitrogens is 1. The van der Waals surface area contributed by atoms with Crippen LogP contribution in [0.3, 0.4) is 0 Å². The van der Waals surface area contributed by atoms with Crippen LogP contribution in [0.15, 0.2) is 35.5 Å². The highest BCUT2D eigenvalue weighted by molar-refractivity contribution is 7.11. The monoisotopic (exact) mass is 414 g/mol. The third-order valence-corrected chi connectivity index (χ3v) is 6.20. The van der Waals surface area contributed by atoms with E-state index in [0.29, 0.717) is 0 Å². The maximum absolute atomic E-state index is 4.40. The second kappa shape index (κ2) is 11.3. The summed E-state index contributed by atoms with van der Waals surface area (Å²) in [6.45, 7) is 9.45. The molecule has 1 aromatic carbocycles. The maximum atomic E-state index is 4.40. The van der Waals surface area contributed by atoms with E-state index >= 15 is 0 Å². The number of aliphatic imine (C=N–C) groups is 1. The van der Waals surface area contributed by atoms with E-state index in [1.165, 1.54) is 35.5 Å². The zero-order valence-corrected chi connectivity index (χ0v) is 18.8. The number of aryl methyl sites for hydroxylation is 1. The lowest BCUT2D eigenvalue weighted by Gasteiger charge is -2.20. The van der Waals surface area contributed by atoms with Gasteiger partial charge in [-0.25, -0.2) is 4.98 Å². The van der Waals surface area contributed by atoms with Crippen LogP contribution in [0.2, 0.25) is 0 Å². The standard InChI is InChI=1S/C22H34N6S/c1-18-15-25-21(29-18)9-10-24-22(23-2)26-16-19-5-7-20(8-6-19)17-28-12-4-11-27(3)13-14-28/h5-8,15H,4,9-14,16-17H2,1-3H3,(H2,23,24,26). The molecule has 1 fully saturated rings. The van der Waals surface area contributed by atoms with Gasteiger partial charge in [0, 0.05) is 57.3 Å². The Morgan fingerprint density at radius 1 is 1.10 bits per heavy atom. The first kappa shape index (κ1) is 21.7. The summed E-state index contributed by atoms with van der Waals surface area (Å²) in [5.41, 5.74) is 2.65. The third-order valence-electron chi connectivity index (χ3n) is 5.23. The molecular weight excluding hydrogens is 380 g/mol. The number of hydrogen-bond acceptors (Lipinski definition) is 5. The van der Waals surface area contributed by atoms with Crippen LogP contribution in [0, 0.1) is 6.92 Å². The SMILES string of the molecule is CN=C(NCCc1ncc(C)s1)NCc1ccc(CN2CCCN(C)CC2)cc1. The highest BCUT2D eigenvalue weighted by atomic mass is 32.1. The third kappa shape index (κ3) is 7.42. The maximum Gasteiger partial charge on any atom is 0.191 e. The Morgan fingerprint density at radius 3 is 2.62 bits per heavy atom. The van der Waals surface area contributed by atoms with E-state index in [1.54, 1.807) is 11.3 Å². The fourth-order valence-electron chi connectivity index (χ4n) is 3.49. The number of likely N-dealkylation sites (N-methyl/N-ethyl adjacent to an activating group) is 1. The molecule has 0 saturated carbocycles. The van der Waals surface area contributed by atoms with Crippen molar-refractivity contribution in [3.8, 4) is 0 Å². The molecule has 0 bridgehead atoms. The molecule has 6 nitrogen and oxygen atoms in total. The zero-order chi connectivity index (χ0) is 20.5. The van der Waals surface area contributed by atoms with Crippen molar-refractivity contribution >= 4 is 17.3 Å². The van der Waals surface area contributed by atoms with E-state index in [1.807, 2.05) is 13.2 Å². The van der Waals surface area contributed by atoms with Gasteiger partial charge in [0.05, 0.1) is 5.01 Å². The molecule has 7 heteroatoms. The molecule has 0 aliphatic carbocycles. The van der Waals surface area contributed by atoms with Crippen molar-refractivity contribution < 1.29 is 0 Å². The molecule has 2 aromatic rings. The van der Waals surface area contributed by atoms with E-state index in [9.17, 15) is 0 Å². The molecule has 1 aliphatic rings. The molecule has 29 heavy (non-hydrogen) atoms. The molecule has 2 heterocycles. The van der Waals surface area contributed by atoms with Crippen molar-refractivity contribution in [2.45, 2.75) is 32.9 Å². The molecule has 158 valence electrons. The Balaban J connectivity index is 1.40. The average molecular weight is 415 g/mol. The molecule has 1 aromatic heterocycles. The largest absolute Gasteiger partial charge is 0.356 e. The highest BCUT2D eigenvalue weighted by Gasteiger charge is 2.12.